The van der Waals surface area contributed by atoms with Crippen LogP contribution in [0.1, 0.15) is 18.4 Å². The topological polar surface area (TPSA) is 92.5 Å². The summed E-state index contributed by atoms with van der Waals surface area (Å²) in [5.74, 6) is -0.384. The highest BCUT2D eigenvalue weighted by Crippen LogP contribution is 2.41. The third-order valence-corrected chi connectivity index (χ3v) is 5.51. The molecule has 1 amide bonds. The number of amides is 1. The average Bonchev–Trinajstić information content (AvgIpc) is 3.10. The Morgan fingerprint density at radius 2 is 2.15 bits per heavy atom. The Bertz CT molecular complexity index is 711. The fraction of sp³-hybridized carbons (Fsp3) is 0.353. The van der Waals surface area contributed by atoms with Crippen LogP contribution in [0.15, 0.2) is 52.1 Å². The van der Waals surface area contributed by atoms with Crippen molar-refractivity contribution in [2.45, 2.75) is 23.7 Å². The maximum absolute atomic E-state index is 12.2. The van der Waals surface area contributed by atoms with Crippen molar-refractivity contribution < 1.29 is 19.1 Å². The van der Waals surface area contributed by atoms with Crippen LogP contribution in [0.3, 0.4) is 0 Å². The summed E-state index contributed by atoms with van der Waals surface area (Å²) in [5, 5.41) is 20.5. The maximum atomic E-state index is 12.2. The summed E-state index contributed by atoms with van der Waals surface area (Å²) in [7, 11) is 2.88. The van der Waals surface area contributed by atoms with E-state index in [1.54, 1.807) is 11.5 Å². The smallest absolute Gasteiger partial charge is 0.270 e. The van der Waals surface area contributed by atoms with Gasteiger partial charge in [-0.2, -0.15) is 0 Å². The van der Waals surface area contributed by atoms with E-state index < -0.39 is 10.9 Å². The van der Waals surface area contributed by atoms with Crippen molar-refractivity contribution in [2.24, 2.45) is 10.3 Å². The van der Waals surface area contributed by atoms with Crippen LogP contribution >= 0.6 is 23.6 Å². The Labute approximate surface area is 161 Å². The molecule has 2 unspecified atom stereocenters. The van der Waals surface area contributed by atoms with Crippen LogP contribution in [0.25, 0.3) is 0 Å². The highest BCUT2D eigenvalue weighted by atomic mass is 35.5. The molecule has 0 saturated heterocycles. The first kappa shape index (κ1) is 20.3. The molecule has 1 heterocycles. The van der Waals surface area contributed by atoms with Crippen molar-refractivity contribution in [3.8, 4) is 0 Å². The zero-order chi connectivity index (χ0) is 19.0. The molecular formula is C17H20ClN3O4S. The van der Waals surface area contributed by atoms with Crippen molar-refractivity contribution >= 4 is 41.0 Å². The molecule has 2 rings (SSSR count). The minimum atomic E-state index is -0.999. The van der Waals surface area contributed by atoms with Gasteiger partial charge in [-0.3, -0.25) is 9.08 Å². The summed E-state index contributed by atoms with van der Waals surface area (Å²) >= 11 is 7.19. The van der Waals surface area contributed by atoms with Crippen molar-refractivity contribution in [3.05, 3.63) is 47.4 Å². The summed E-state index contributed by atoms with van der Waals surface area (Å²) in [6.45, 7) is 0. The molecule has 7 nitrogen and oxygen atoms in total. The standard InChI is InChI=1S/C17H20ClN3O4S/c1-19-16(22)14(21-24-2)15-17(25-18,10-11-26-15)9-8-13(20-23)12-6-4-3-5-7-12/h3-7,10-11,15,23H,8-9H2,1-2H3,(H,19,22). The molecule has 9 heteroatoms. The number of hydrogen-bond donors (Lipinski definition) is 2. The van der Waals surface area contributed by atoms with Crippen LogP contribution in [0.4, 0.5) is 0 Å². The molecule has 26 heavy (non-hydrogen) atoms. The largest absolute Gasteiger partial charge is 0.411 e. The fourth-order valence-corrected chi connectivity index (χ4v) is 4.17. The molecule has 0 fully saturated rings. The lowest BCUT2D eigenvalue weighted by Crippen LogP contribution is -2.47. The lowest BCUT2D eigenvalue weighted by Gasteiger charge is -2.30. The van der Waals surface area contributed by atoms with E-state index in [-0.39, 0.29) is 11.6 Å². The SMILES string of the molecule is CNC(=O)C(=NOC)C1SC=CC1(CCC(=NO)c1ccccc1)OCl. The molecule has 0 bridgehead atoms. The molecule has 0 saturated carbocycles. The first-order valence-electron chi connectivity index (χ1n) is 7.84. The molecule has 1 aliphatic rings. The molecule has 1 aliphatic heterocycles. The number of carbonyl (C=O) groups excluding carboxylic acids is 1. The summed E-state index contributed by atoms with van der Waals surface area (Å²) in [5.41, 5.74) is 0.449. The van der Waals surface area contributed by atoms with Gasteiger partial charge in [-0.1, -0.05) is 40.6 Å². The number of carbonyl (C=O) groups is 1. The second kappa shape index (κ2) is 9.61. The van der Waals surface area contributed by atoms with E-state index in [9.17, 15) is 10.0 Å². The quantitative estimate of drug-likeness (QED) is 0.399. The number of thioether (sulfide) groups is 1. The van der Waals surface area contributed by atoms with Crippen molar-refractivity contribution in [3.63, 3.8) is 0 Å². The normalized spacial score (nSPS) is 23.1. The number of benzene rings is 1. The maximum Gasteiger partial charge on any atom is 0.270 e. The first-order chi connectivity index (χ1) is 12.6. The van der Waals surface area contributed by atoms with Crippen LogP contribution < -0.4 is 5.32 Å². The van der Waals surface area contributed by atoms with Crippen LogP contribution in [0, 0.1) is 0 Å². The Hall–Kier alpha value is -2.03. The third kappa shape index (κ3) is 4.38. The average molecular weight is 398 g/mol. The van der Waals surface area contributed by atoms with Crippen LogP contribution in [-0.2, 0) is 13.9 Å². The number of rotatable bonds is 8. The monoisotopic (exact) mass is 397 g/mol. The van der Waals surface area contributed by atoms with E-state index in [2.05, 4.69) is 15.6 Å². The zero-order valence-corrected chi connectivity index (χ0v) is 16.0. The van der Waals surface area contributed by atoms with Gasteiger partial charge >= 0.3 is 0 Å². The third-order valence-electron chi connectivity index (χ3n) is 4.03. The minimum Gasteiger partial charge on any atom is -0.411 e. The first-order valence-corrected chi connectivity index (χ1v) is 9.09. The minimum absolute atomic E-state index is 0.160. The van der Waals surface area contributed by atoms with Gasteiger partial charge in [-0.05, 0) is 29.9 Å². The van der Waals surface area contributed by atoms with E-state index in [4.69, 9.17) is 21.0 Å². The molecule has 1 aromatic rings. The molecule has 1 aromatic carbocycles. The second-order valence-electron chi connectivity index (χ2n) is 5.50. The van der Waals surface area contributed by atoms with Crippen LogP contribution in [-0.4, -0.2) is 47.5 Å². The van der Waals surface area contributed by atoms with Gasteiger partial charge in [-0.25, -0.2) is 0 Å². The second-order valence-corrected chi connectivity index (χ2v) is 6.67. The van der Waals surface area contributed by atoms with Crippen molar-refractivity contribution in [2.75, 3.05) is 14.2 Å². The number of nitrogens with one attached hydrogen (secondary N) is 1. The predicted molar refractivity (Wildman–Crippen MR) is 103 cm³/mol. The number of hydrogen-bond acceptors (Lipinski definition) is 7. The van der Waals surface area contributed by atoms with Crippen molar-refractivity contribution in [1.29, 1.82) is 0 Å². The van der Waals surface area contributed by atoms with Crippen molar-refractivity contribution in [1.82, 2.24) is 5.32 Å². The summed E-state index contributed by atoms with van der Waals surface area (Å²) in [6, 6.07) is 9.30. The lowest BCUT2D eigenvalue weighted by atomic mass is 9.88. The van der Waals surface area contributed by atoms with Crippen LogP contribution in [0.5, 0.6) is 0 Å². The van der Waals surface area contributed by atoms with E-state index in [0.717, 1.165) is 5.56 Å². The lowest BCUT2D eigenvalue weighted by molar-refractivity contribution is -0.114. The Balaban J connectivity index is 2.24. The summed E-state index contributed by atoms with van der Waals surface area (Å²) in [4.78, 5) is 17.0. The van der Waals surface area contributed by atoms with E-state index in [1.165, 1.54) is 25.9 Å². The van der Waals surface area contributed by atoms with Gasteiger partial charge in [0.25, 0.3) is 5.91 Å². The van der Waals surface area contributed by atoms with Crippen LogP contribution in [0.2, 0.25) is 0 Å². The fourth-order valence-electron chi connectivity index (χ4n) is 2.68. The van der Waals surface area contributed by atoms with Gasteiger partial charge in [0.15, 0.2) is 5.71 Å². The predicted octanol–water partition coefficient (Wildman–Crippen LogP) is 2.93. The van der Waals surface area contributed by atoms with Gasteiger partial charge in [0, 0.05) is 7.05 Å². The van der Waals surface area contributed by atoms with Gasteiger partial charge in [-0.15, -0.1) is 11.8 Å². The van der Waals surface area contributed by atoms with Gasteiger partial charge in [0.1, 0.15) is 12.7 Å². The molecule has 2 N–H and O–H groups in total. The van der Waals surface area contributed by atoms with E-state index >= 15 is 0 Å². The Morgan fingerprint density at radius 1 is 1.42 bits per heavy atom. The highest BCUT2D eigenvalue weighted by Gasteiger charge is 2.47. The molecule has 0 radical (unpaired) electrons. The Morgan fingerprint density at radius 3 is 2.73 bits per heavy atom. The van der Waals surface area contributed by atoms with Gasteiger partial charge in [0.2, 0.25) is 0 Å². The molecule has 140 valence electrons. The van der Waals surface area contributed by atoms with Gasteiger partial charge < -0.3 is 15.4 Å². The number of nitrogens with zero attached hydrogens (tertiary/aromatic N) is 2. The van der Waals surface area contributed by atoms with Gasteiger partial charge in [0.05, 0.1) is 22.8 Å². The molecule has 0 spiro atoms. The molecule has 0 aliphatic carbocycles. The number of halogens is 1. The molecule has 2 atom stereocenters. The number of oxime groups is 2. The molecular weight excluding hydrogens is 378 g/mol. The van der Waals surface area contributed by atoms with E-state index in [1.807, 2.05) is 30.3 Å². The highest BCUT2D eigenvalue weighted by molar-refractivity contribution is 8.03. The Kier molecular flexibility index (Phi) is 7.50. The summed E-state index contributed by atoms with van der Waals surface area (Å²) < 4.78 is 5.28. The molecule has 0 aromatic heterocycles. The zero-order valence-electron chi connectivity index (χ0n) is 14.4. The van der Waals surface area contributed by atoms with E-state index in [0.29, 0.717) is 18.6 Å². The summed E-state index contributed by atoms with van der Waals surface area (Å²) in [6.07, 6.45) is 2.53.